The zero-order valence-electron chi connectivity index (χ0n) is 23.8. The Bertz CT molecular complexity index is 1440. The first-order valence-corrected chi connectivity index (χ1v) is 14.6. The topological polar surface area (TPSA) is 201 Å². The summed E-state index contributed by atoms with van der Waals surface area (Å²) in [7, 11) is 0. The van der Waals surface area contributed by atoms with Gasteiger partial charge in [-0.1, -0.05) is 29.4 Å². The molecule has 0 saturated carbocycles. The average molecular weight is 654 g/mol. The van der Waals surface area contributed by atoms with Gasteiger partial charge in [0.1, 0.15) is 23.7 Å². The fourth-order valence-electron chi connectivity index (χ4n) is 3.85. The van der Waals surface area contributed by atoms with Crippen molar-refractivity contribution in [3.05, 3.63) is 52.5 Å². The summed E-state index contributed by atoms with van der Waals surface area (Å²) in [6.07, 6.45) is 0. The molecule has 1 aromatic carbocycles. The Morgan fingerprint density at radius 2 is 1.84 bits per heavy atom. The number of amides is 2. The smallest absolute Gasteiger partial charge is 0.357 e. The summed E-state index contributed by atoms with van der Waals surface area (Å²) in [6, 6.07) is 6.39. The van der Waals surface area contributed by atoms with Crippen LogP contribution in [0.5, 0.6) is 0 Å². The number of aromatic nitrogens is 2. The van der Waals surface area contributed by atoms with E-state index in [1.807, 2.05) is 24.3 Å². The van der Waals surface area contributed by atoms with Crippen LogP contribution in [0.1, 0.15) is 44.6 Å². The molecule has 2 aliphatic heterocycles. The number of nitrogens with two attached hydrogens (primary N) is 2. The lowest BCUT2D eigenvalue weighted by Gasteiger charge is -2.49. The predicted molar refractivity (Wildman–Crippen MR) is 161 cm³/mol. The standard InChI is InChI=1S/C26H31N7O7S2.ClH/c1-13-11-41-22-17(21(35)33(22)18(13)23(36)38-12-39-24(37)26(2,3)4)29-20(34)16(19-30-25(28)42-32-19)31-40-10-15-7-5-14(9-27)6-8-15;/h5-8,17,22H,9-12,27H2,1-4H3,(H,29,34)(H2,28,30,32);1H/t17?,22-;/m1./s1. The van der Waals surface area contributed by atoms with Crippen molar-refractivity contribution in [1.29, 1.82) is 0 Å². The molecule has 1 fully saturated rings. The number of thioether (sulfide) groups is 1. The first-order valence-electron chi connectivity index (χ1n) is 12.8. The molecule has 0 bridgehead atoms. The number of nitrogen functional groups attached to an aromatic ring is 1. The molecule has 232 valence electrons. The van der Waals surface area contributed by atoms with E-state index in [1.165, 1.54) is 16.7 Å². The molecule has 3 heterocycles. The van der Waals surface area contributed by atoms with Gasteiger partial charge >= 0.3 is 11.9 Å². The van der Waals surface area contributed by atoms with Gasteiger partial charge in [0.15, 0.2) is 5.13 Å². The highest BCUT2D eigenvalue weighted by Gasteiger charge is 2.54. The lowest BCUT2D eigenvalue weighted by molar-refractivity contribution is -0.173. The third-order valence-electron chi connectivity index (χ3n) is 6.15. The Hall–Kier alpha value is -3.73. The van der Waals surface area contributed by atoms with Crippen LogP contribution in [-0.4, -0.2) is 67.7 Å². The van der Waals surface area contributed by atoms with Gasteiger partial charge in [-0.3, -0.25) is 19.3 Å². The van der Waals surface area contributed by atoms with Crippen LogP contribution in [-0.2, 0) is 46.6 Å². The summed E-state index contributed by atoms with van der Waals surface area (Å²) in [6.45, 7) is 6.57. The number of rotatable bonds is 10. The van der Waals surface area contributed by atoms with E-state index < -0.39 is 47.4 Å². The number of ether oxygens (including phenoxy) is 2. The summed E-state index contributed by atoms with van der Waals surface area (Å²) in [5, 5.41) is 6.14. The lowest BCUT2D eigenvalue weighted by atomic mass is 9.98. The molecule has 5 N–H and O–H groups in total. The lowest BCUT2D eigenvalue weighted by Crippen LogP contribution is -2.71. The van der Waals surface area contributed by atoms with E-state index in [-0.39, 0.29) is 41.4 Å². The highest BCUT2D eigenvalue weighted by Crippen LogP contribution is 2.40. The van der Waals surface area contributed by atoms with Crippen molar-refractivity contribution in [3.8, 4) is 0 Å². The van der Waals surface area contributed by atoms with E-state index in [1.54, 1.807) is 27.7 Å². The second-order valence-electron chi connectivity index (χ2n) is 10.4. The molecule has 2 aliphatic rings. The summed E-state index contributed by atoms with van der Waals surface area (Å²) in [5.41, 5.74) is 12.7. The fraction of sp³-hybridized carbons (Fsp3) is 0.423. The Morgan fingerprint density at radius 3 is 2.44 bits per heavy atom. The third-order valence-corrected chi connectivity index (χ3v) is 8.11. The number of esters is 2. The Morgan fingerprint density at radius 1 is 1.16 bits per heavy atom. The summed E-state index contributed by atoms with van der Waals surface area (Å²) >= 11 is 2.24. The number of benzene rings is 1. The van der Waals surface area contributed by atoms with E-state index in [2.05, 4.69) is 19.8 Å². The number of hydrogen-bond donors (Lipinski definition) is 3. The monoisotopic (exact) mass is 653 g/mol. The maximum absolute atomic E-state index is 13.3. The summed E-state index contributed by atoms with van der Waals surface area (Å²) in [4.78, 5) is 62.0. The Labute approximate surface area is 262 Å². The predicted octanol–water partition coefficient (Wildman–Crippen LogP) is 1.69. The minimum atomic E-state index is -0.970. The van der Waals surface area contributed by atoms with Gasteiger partial charge in [-0.2, -0.15) is 9.36 Å². The first-order chi connectivity index (χ1) is 19.9. The van der Waals surface area contributed by atoms with Crippen LogP contribution < -0.4 is 16.8 Å². The van der Waals surface area contributed by atoms with Crippen LogP contribution in [0, 0.1) is 5.41 Å². The van der Waals surface area contributed by atoms with Gasteiger partial charge < -0.3 is 31.1 Å². The van der Waals surface area contributed by atoms with E-state index in [0.29, 0.717) is 17.9 Å². The van der Waals surface area contributed by atoms with Crippen molar-refractivity contribution >= 4 is 70.3 Å². The van der Waals surface area contributed by atoms with Crippen molar-refractivity contribution in [2.24, 2.45) is 16.3 Å². The maximum Gasteiger partial charge on any atom is 0.357 e. The molecule has 17 heteroatoms. The largest absolute Gasteiger partial charge is 0.427 e. The normalized spacial score (nSPS) is 18.2. The Kier molecular flexibility index (Phi) is 11.1. The van der Waals surface area contributed by atoms with Crippen LogP contribution in [0.25, 0.3) is 0 Å². The molecule has 2 amide bonds. The number of fused-ring (bicyclic) bond motifs is 1. The zero-order valence-corrected chi connectivity index (χ0v) is 26.3. The maximum atomic E-state index is 13.3. The molecule has 2 aromatic rings. The molecule has 14 nitrogen and oxygen atoms in total. The molecule has 1 unspecified atom stereocenters. The first kappa shape index (κ1) is 33.8. The minimum absolute atomic E-state index is 0. The van der Waals surface area contributed by atoms with Crippen molar-refractivity contribution < 1.29 is 33.5 Å². The van der Waals surface area contributed by atoms with Crippen molar-refractivity contribution in [2.45, 2.75) is 52.3 Å². The number of oxime groups is 1. The molecule has 43 heavy (non-hydrogen) atoms. The summed E-state index contributed by atoms with van der Waals surface area (Å²) in [5.74, 6) is -2.28. The van der Waals surface area contributed by atoms with E-state index in [9.17, 15) is 19.2 Å². The number of halogens is 1. The molecule has 4 rings (SSSR count). The fourth-order valence-corrected chi connectivity index (χ4v) is 5.58. The molecule has 2 atom stereocenters. The number of carbonyl (C=O) groups excluding carboxylic acids is 4. The third kappa shape index (κ3) is 7.81. The van der Waals surface area contributed by atoms with Gasteiger partial charge in [0.25, 0.3) is 11.8 Å². The quantitative estimate of drug-likeness (QED) is 0.110. The summed E-state index contributed by atoms with van der Waals surface area (Å²) < 4.78 is 14.2. The molecule has 0 aliphatic carbocycles. The SMILES string of the molecule is CC1=C(C(=O)OCOC(=O)C(C)(C)C)N2C(=O)C(NC(=O)C(=NOCc3ccc(CN)cc3)c3nsc(N)n3)[C@H]2SC1.Cl. The van der Waals surface area contributed by atoms with Gasteiger partial charge in [-0.15, -0.1) is 24.2 Å². The number of anilines is 1. The average Bonchev–Trinajstić information content (AvgIpc) is 3.38. The number of carbonyl (C=O) groups is 4. The highest BCUT2D eigenvalue weighted by molar-refractivity contribution is 8.00. The number of β-lactam (4-membered cyclic amide) rings is 1. The van der Waals surface area contributed by atoms with Gasteiger partial charge in [0, 0.05) is 23.8 Å². The molecule has 0 radical (unpaired) electrons. The second kappa shape index (κ2) is 14.2. The zero-order chi connectivity index (χ0) is 30.6. The molecule has 1 aromatic heterocycles. The second-order valence-corrected chi connectivity index (χ2v) is 12.3. The minimum Gasteiger partial charge on any atom is -0.427 e. The van der Waals surface area contributed by atoms with Crippen molar-refractivity contribution in [2.75, 3.05) is 18.3 Å². The van der Waals surface area contributed by atoms with Crippen LogP contribution in [0.2, 0.25) is 0 Å². The van der Waals surface area contributed by atoms with Crippen molar-refractivity contribution in [3.63, 3.8) is 0 Å². The van der Waals surface area contributed by atoms with E-state index >= 15 is 0 Å². The van der Waals surface area contributed by atoms with Gasteiger partial charge in [0.2, 0.25) is 18.3 Å². The number of nitrogens with one attached hydrogen (secondary N) is 1. The molecular weight excluding hydrogens is 622 g/mol. The van der Waals surface area contributed by atoms with Crippen LogP contribution >= 0.6 is 35.7 Å². The van der Waals surface area contributed by atoms with Gasteiger partial charge in [-0.05, 0) is 44.4 Å². The highest BCUT2D eigenvalue weighted by atomic mass is 35.5. The Balaban J connectivity index is 0.00000506. The van der Waals surface area contributed by atoms with Crippen LogP contribution in [0.15, 0.2) is 40.7 Å². The van der Waals surface area contributed by atoms with Crippen molar-refractivity contribution in [1.82, 2.24) is 19.6 Å². The van der Waals surface area contributed by atoms with Crippen LogP contribution in [0.4, 0.5) is 5.13 Å². The van der Waals surface area contributed by atoms with Gasteiger partial charge in [0.05, 0.1) is 5.41 Å². The van der Waals surface area contributed by atoms with Crippen LogP contribution in [0.3, 0.4) is 0 Å². The molecule has 0 spiro atoms. The molecule has 1 saturated heterocycles. The van der Waals surface area contributed by atoms with E-state index in [0.717, 1.165) is 22.7 Å². The van der Waals surface area contributed by atoms with E-state index in [4.69, 9.17) is 25.8 Å². The number of nitrogens with zero attached hydrogens (tertiary/aromatic N) is 4. The molecular formula is C26H32ClN7O7S2. The van der Waals surface area contributed by atoms with Gasteiger partial charge in [-0.25, -0.2) is 4.79 Å². The number of hydrogen-bond acceptors (Lipinski definition) is 14.